The monoisotopic (exact) mass is 410 g/mol. The Morgan fingerprint density at radius 3 is 2.56 bits per heavy atom. The quantitative estimate of drug-likeness (QED) is 0.783. The molecule has 1 heterocycles. The number of carbonyl (C=O) groups excluding carboxylic acids is 2. The first-order valence-corrected chi connectivity index (χ1v) is 9.60. The first kappa shape index (κ1) is 19.8. The minimum atomic E-state index is 0.0315. The lowest BCUT2D eigenvalue weighted by molar-refractivity contribution is -0.135. The summed E-state index contributed by atoms with van der Waals surface area (Å²) in [6, 6.07) is 6.05. The molecule has 0 saturated carbocycles. The molecule has 0 aliphatic carbocycles. The van der Waals surface area contributed by atoms with E-state index in [2.05, 4.69) is 21.2 Å². The number of ether oxygens (including phenoxy) is 1. The third-order valence-corrected chi connectivity index (χ3v) is 5.11. The highest BCUT2D eigenvalue weighted by atomic mass is 79.9. The van der Waals surface area contributed by atoms with Gasteiger partial charge in [-0.05, 0) is 66.7 Å². The highest BCUT2D eigenvalue weighted by molar-refractivity contribution is 9.10. The van der Waals surface area contributed by atoms with Crippen molar-refractivity contribution in [3.63, 3.8) is 0 Å². The van der Waals surface area contributed by atoms with Gasteiger partial charge in [-0.3, -0.25) is 9.59 Å². The zero-order valence-corrected chi connectivity index (χ0v) is 16.8. The highest BCUT2D eigenvalue weighted by Crippen LogP contribution is 2.26. The molecule has 1 aliphatic heterocycles. The van der Waals surface area contributed by atoms with Crippen molar-refractivity contribution in [1.82, 2.24) is 10.2 Å². The predicted molar refractivity (Wildman–Crippen MR) is 102 cm³/mol. The molecule has 1 aromatic rings. The summed E-state index contributed by atoms with van der Waals surface area (Å²) in [7, 11) is 1.63. The molecule has 6 heteroatoms. The number of amides is 2. The molecule has 0 unspecified atom stereocenters. The second-order valence-corrected chi connectivity index (χ2v) is 7.64. The first-order valence-electron chi connectivity index (χ1n) is 8.81. The number of likely N-dealkylation sites (tertiary alicyclic amines) is 1. The van der Waals surface area contributed by atoms with Gasteiger partial charge >= 0.3 is 0 Å². The van der Waals surface area contributed by atoms with E-state index in [0.717, 1.165) is 28.6 Å². The van der Waals surface area contributed by atoms with Gasteiger partial charge in [0.2, 0.25) is 11.8 Å². The first-order chi connectivity index (χ1) is 11.9. The normalized spacial score (nSPS) is 15.3. The van der Waals surface area contributed by atoms with E-state index in [0.29, 0.717) is 25.9 Å². The SMILES string of the molecule is COc1ccc(CCC(=O)N2CCC(C(=O)NC(C)C)CC2)cc1Br. The van der Waals surface area contributed by atoms with Crippen molar-refractivity contribution in [3.8, 4) is 5.75 Å². The average molecular weight is 411 g/mol. The largest absolute Gasteiger partial charge is 0.496 e. The summed E-state index contributed by atoms with van der Waals surface area (Å²) in [5.74, 6) is 1.10. The Morgan fingerprint density at radius 1 is 1.32 bits per heavy atom. The van der Waals surface area contributed by atoms with E-state index in [1.807, 2.05) is 36.9 Å². The molecule has 0 radical (unpaired) electrons. The molecule has 1 fully saturated rings. The van der Waals surface area contributed by atoms with Crippen LogP contribution in [0.25, 0.3) is 0 Å². The van der Waals surface area contributed by atoms with E-state index in [1.165, 1.54) is 0 Å². The van der Waals surface area contributed by atoms with Crippen LogP contribution in [0.2, 0.25) is 0 Å². The van der Waals surface area contributed by atoms with E-state index in [1.54, 1.807) is 7.11 Å². The molecule has 1 aliphatic rings. The van der Waals surface area contributed by atoms with Gasteiger partial charge in [0, 0.05) is 31.5 Å². The third-order valence-electron chi connectivity index (χ3n) is 4.49. The van der Waals surface area contributed by atoms with Crippen LogP contribution < -0.4 is 10.1 Å². The van der Waals surface area contributed by atoms with Gasteiger partial charge in [-0.25, -0.2) is 0 Å². The topological polar surface area (TPSA) is 58.6 Å². The lowest BCUT2D eigenvalue weighted by Gasteiger charge is -2.31. The molecule has 138 valence electrons. The molecule has 1 aromatic carbocycles. The van der Waals surface area contributed by atoms with Gasteiger partial charge in [0.05, 0.1) is 11.6 Å². The van der Waals surface area contributed by atoms with Crippen LogP contribution in [0, 0.1) is 5.92 Å². The molecule has 1 saturated heterocycles. The van der Waals surface area contributed by atoms with E-state index < -0.39 is 0 Å². The number of aryl methyl sites for hydroxylation is 1. The molecule has 0 bridgehead atoms. The molecule has 0 spiro atoms. The van der Waals surface area contributed by atoms with Crippen molar-refractivity contribution in [2.24, 2.45) is 5.92 Å². The lowest BCUT2D eigenvalue weighted by atomic mass is 9.95. The molecule has 2 rings (SSSR count). The summed E-state index contributed by atoms with van der Waals surface area (Å²) in [5.41, 5.74) is 1.10. The van der Waals surface area contributed by atoms with Gasteiger partial charge < -0.3 is 15.0 Å². The molecular weight excluding hydrogens is 384 g/mol. The molecule has 25 heavy (non-hydrogen) atoms. The Labute approximate surface area is 158 Å². The van der Waals surface area contributed by atoms with Gasteiger partial charge in [0.1, 0.15) is 5.75 Å². The Balaban J connectivity index is 1.79. The van der Waals surface area contributed by atoms with E-state index in [4.69, 9.17) is 4.74 Å². The molecule has 0 aromatic heterocycles. The molecule has 5 nitrogen and oxygen atoms in total. The Kier molecular flexibility index (Phi) is 7.29. The van der Waals surface area contributed by atoms with Gasteiger partial charge in [0.25, 0.3) is 0 Å². The summed E-state index contributed by atoms with van der Waals surface area (Å²) >= 11 is 3.47. The van der Waals surface area contributed by atoms with E-state index >= 15 is 0 Å². The number of rotatable bonds is 6. The number of carbonyl (C=O) groups is 2. The maximum Gasteiger partial charge on any atom is 0.223 e. The third kappa shape index (κ3) is 5.73. The number of hydrogen-bond acceptors (Lipinski definition) is 3. The maximum atomic E-state index is 12.4. The second-order valence-electron chi connectivity index (χ2n) is 6.79. The number of methoxy groups -OCH3 is 1. The lowest BCUT2D eigenvalue weighted by Crippen LogP contribution is -2.44. The molecular formula is C19H27BrN2O3. The number of hydrogen-bond donors (Lipinski definition) is 1. The van der Waals surface area contributed by atoms with Gasteiger partial charge in [-0.15, -0.1) is 0 Å². The van der Waals surface area contributed by atoms with Crippen LogP contribution in [0.4, 0.5) is 0 Å². The summed E-state index contributed by atoms with van der Waals surface area (Å²) < 4.78 is 6.12. The van der Waals surface area contributed by atoms with Crippen LogP contribution in [0.5, 0.6) is 5.75 Å². The minimum absolute atomic E-state index is 0.0315. The van der Waals surface area contributed by atoms with Crippen molar-refractivity contribution >= 4 is 27.7 Å². The smallest absolute Gasteiger partial charge is 0.223 e. The number of nitrogens with zero attached hydrogens (tertiary/aromatic N) is 1. The number of halogens is 1. The van der Waals surface area contributed by atoms with Crippen LogP contribution in [-0.2, 0) is 16.0 Å². The zero-order valence-electron chi connectivity index (χ0n) is 15.2. The zero-order chi connectivity index (χ0) is 18.4. The van der Waals surface area contributed by atoms with Crippen molar-refractivity contribution in [3.05, 3.63) is 28.2 Å². The van der Waals surface area contributed by atoms with Crippen LogP contribution in [0.3, 0.4) is 0 Å². The fourth-order valence-corrected chi connectivity index (χ4v) is 3.66. The van der Waals surface area contributed by atoms with Crippen molar-refractivity contribution in [1.29, 1.82) is 0 Å². The standard InChI is InChI=1S/C19H27BrN2O3/c1-13(2)21-19(24)15-8-10-22(11-9-15)18(23)7-5-14-4-6-17(25-3)16(20)12-14/h4,6,12-13,15H,5,7-11H2,1-3H3,(H,21,24). The number of piperidine rings is 1. The fraction of sp³-hybridized carbons (Fsp3) is 0.579. The van der Waals surface area contributed by atoms with Crippen LogP contribution in [0.1, 0.15) is 38.7 Å². The van der Waals surface area contributed by atoms with Crippen LogP contribution >= 0.6 is 15.9 Å². The summed E-state index contributed by atoms with van der Waals surface area (Å²) in [6.07, 6.45) is 2.69. The van der Waals surface area contributed by atoms with Crippen LogP contribution in [0.15, 0.2) is 22.7 Å². The predicted octanol–water partition coefficient (Wildman–Crippen LogP) is 3.15. The van der Waals surface area contributed by atoms with Crippen molar-refractivity contribution < 1.29 is 14.3 Å². The molecule has 0 atom stereocenters. The van der Waals surface area contributed by atoms with E-state index in [-0.39, 0.29) is 23.8 Å². The minimum Gasteiger partial charge on any atom is -0.496 e. The summed E-state index contributed by atoms with van der Waals surface area (Å²) in [5, 5.41) is 2.96. The van der Waals surface area contributed by atoms with Crippen molar-refractivity contribution in [2.45, 2.75) is 45.6 Å². The van der Waals surface area contributed by atoms with Gasteiger partial charge in [-0.1, -0.05) is 6.07 Å². The van der Waals surface area contributed by atoms with Crippen LogP contribution in [-0.4, -0.2) is 43.0 Å². The van der Waals surface area contributed by atoms with Gasteiger partial charge in [0.15, 0.2) is 0 Å². The average Bonchev–Trinajstić information content (AvgIpc) is 2.59. The molecule has 2 amide bonds. The second kappa shape index (κ2) is 9.22. The molecule has 1 N–H and O–H groups in total. The number of benzene rings is 1. The Bertz CT molecular complexity index is 611. The summed E-state index contributed by atoms with van der Waals surface area (Å²) in [4.78, 5) is 26.4. The van der Waals surface area contributed by atoms with E-state index in [9.17, 15) is 9.59 Å². The fourth-order valence-electron chi connectivity index (χ4n) is 3.07. The van der Waals surface area contributed by atoms with Crippen molar-refractivity contribution in [2.75, 3.05) is 20.2 Å². The Morgan fingerprint density at radius 2 is 2.00 bits per heavy atom. The Hall–Kier alpha value is -1.56. The van der Waals surface area contributed by atoms with Gasteiger partial charge in [-0.2, -0.15) is 0 Å². The number of nitrogens with one attached hydrogen (secondary N) is 1. The highest BCUT2D eigenvalue weighted by Gasteiger charge is 2.27. The summed E-state index contributed by atoms with van der Waals surface area (Å²) in [6.45, 7) is 5.27. The maximum absolute atomic E-state index is 12.4.